The summed E-state index contributed by atoms with van der Waals surface area (Å²) in [6, 6.07) is 30.0. The van der Waals surface area contributed by atoms with Gasteiger partial charge in [-0.3, -0.25) is 0 Å². The van der Waals surface area contributed by atoms with Crippen molar-refractivity contribution in [3.05, 3.63) is 102 Å². The van der Waals surface area contributed by atoms with Crippen LogP contribution in [0.2, 0.25) is 0 Å². The molecule has 0 amide bonds. The van der Waals surface area contributed by atoms with E-state index >= 15 is 0 Å². The Balaban J connectivity index is 1.49. The SMILES string of the molecule is C[C@@H]1O[C@@H](Sc2ccccc2)[C@H](O)[C@H](OCc2ccccc2)[C@H]1OCc1ccccc1. The normalized spacial score (nSPS) is 25.9. The first-order valence-electron chi connectivity index (χ1n) is 10.6. The molecule has 0 radical (unpaired) electrons. The number of ether oxygens (including phenoxy) is 3. The van der Waals surface area contributed by atoms with Gasteiger partial charge < -0.3 is 19.3 Å². The zero-order valence-corrected chi connectivity index (χ0v) is 18.4. The molecule has 4 nitrogen and oxygen atoms in total. The van der Waals surface area contributed by atoms with Gasteiger partial charge >= 0.3 is 0 Å². The molecule has 1 aliphatic heterocycles. The van der Waals surface area contributed by atoms with Gasteiger partial charge in [0.25, 0.3) is 0 Å². The van der Waals surface area contributed by atoms with E-state index in [0.717, 1.165) is 16.0 Å². The molecular weight excluding hydrogens is 408 g/mol. The second kappa shape index (κ2) is 10.9. The molecule has 0 aromatic heterocycles. The molecule has 0 aliphatic carbocycles. The molecule has 1 aliphatic rings. The average Bonchev–Trinajstić information content (AvgIpc) is 2.81. The smallest absolute Gasteiger partial charge is 0.136 e. The standard InChI is InChI=1S/C26H28O4S/c1-19-24(28-17-20-11-5-2-6-12-20)25(29-18-21-13-7-3-8-14-21)23(27)26(30-19)31-22-15-9-4-10-16-22/h2-16,19,23-27H,17-18H2,1H3/t19-,23+,24-,25-,26-/m0/s1. The minimum Gasteiger partial charge on any atom is -0.387 e. The van der Waals surface area contributed by atoms with Crippen molar-refractivity contribution in [3.63, 3.8) is 0 Å². The summed E-state index contributed by atoms with van der Waals surface area (Å²) in [4.78, 5) is 1.05. The highest BCUT2D eigenvalue weighted by atomic mass is 32.2. The van der Waals surface area contributed by atoms with Gasteiger partial charge in [-0.05, 0) is 30.2 Å². The summed E-state index contributed by atoms with van der Waals surface area (Å²) in [5.74, 6) is 0. The van der Waals surface area contributed by atoms with Crippen LogP contribution in [0.25, 0.3) is 0 Å². The summed E-state index contributed by atoms with van der Waals surface area (Å²) < 4.78 is 18.7. The van der Waals surface area contributed by atoms with E-state index in [-0.39, 0.29) is 12.2 Å². The van der Waals surface area contributed by atoms with Gasteiger partial charge in [-0.1, -0.05) is 90.6 Å². The van der Waals surface area contributed by atoms with Crippen molar-refractivity contribution >= 4 is 11.8 Å². The summed E-state index contributed by atoms with van der Waals surface area (Å²) >= 11 is 1.51. The molecular formula is C26H28O4S. The molecule has 162 valence electrons. The number of aliphatic hydroxyl groups excluding tert-OH is 1. The first kappa shape index (κ1) is 22.1. The van der Waals surface area contributed by atoms with Crippen molar-refractivity contribution in [1.29, 1.82) is 0 Å². The third-order valence-corrected chi connectivity index (χ3v) is 6.48. The van der Waals surface area contributed by atoms with Crippen molar-refractivity contribution < 1.29 is 19.3 Å². The Morgan fingerprint density at radius 1 is 0.742 bits per heavy atom. The van der Waals surface area contributed by atoms with Gasteiger partial charge in [-0.25, -0.2) is 0 Å². The number of aliphatic hydroxyl groups is 1. The van der Waals surface area contributed by atoms with Gasteiger partial charge in [-0.15, -0.1) is 0 Å². The molecule has 31 heavy (non-hydrogen) atoms. The van der Waals surface area contributed by atoms with E-state index in [0.29, 0.717) is 13.2 Å². The van der Waals surface area contributed by atoms with Gasteiger partial charge in [0, 0.05) is 4.90 Å². The van der Waals surface area contributed by atoms with Crippen molar-refractivity contribution in [1.82, 2.24) is 0 Å². The summed E-state index contributed by atoms with van der Waals surface area (Å²) in [6.07, 6.45) is -1.94. The van der Waals surface area contributed by atoms with E-state index in [1.54, 1.807) is 0 Å². The molecule has 0 saturated carbocycles. The molecule has 1 N–H and O–H groups in total. The maximum atomic E-state index is 11.2. The first-order chi connectivity index (χ1) is 15.2. The van der Waals surface area contributed by atoms with Crippen LogP contribution in [-0.2, 0) is 27.4 Å². The second-order valence-electron chi connectivity index (χ2n) is 7.65. The first-order valence-corrected chi connectivity index (χ1v) is 11.4. The Hall–Kier alpha value is -2.15. The van der Waals surface area contributed by atoms with Crippen LogP contribution >= 0.6 is 11.8 Å². The monoisotopic (exact) mass is 436 g/mol. The lowest BCUT2D eigenvalue weighted by Crippen LogP contribution is -2.57. The number of benzene rings is 3. The van der Waals surface area contributed by atoms with Gasteiger partial charge in [0.05, 0.1) is 19.3 Å². The predicted molar refractivity (Wildman–Crippen MR) is 123 cm³/mol. The minimum atomic E-state index is -0.828. The fraction of sp³-hybridized carbons (Fsp3) is 0.308. The lowest BCUT2D eigenvalue weighted by molar-refractivity contribution is -0.229. The van der Waals surface area contributed by atoms with Crippen LogP contribution in [0.1, 0.15) is 18.1 Å². The maximum Gasteiger partial charge on any atom is 0.136 e. The fourth-order valence-corrected chi connectivity index (χ4v) is 4.78. The van der Waals surface area contributed by atoms with E-state index in [2.05, 4.69) is 0 Å². The van der Waals surface area contributed by atoms with Gasteiger partial charge in [0.1, 0.15) is 23.7 Å². The second-order valence-corrected chi connectivity index (χ2v) is 8.83. The Morgan fingerprint density at radius 2 is 1.23 bits per heavy atom. The zero-order chi connectivity index (χ0) is 21.5. The lowest BCUT2D eigenvalue weighted by atomic mass is 10.00. The van der Waals surface area contributed by atoms with Crippen LogP contribution in [0.5, 0.6) is 0 Å². The number of rotatable bonds is 8. The van der Waals surface area contributed by atoms with Crippen molar-refractivity contribution in [2.24, 2.45) is 0 Å². The summed E-state index contributed by atoms with van der Waals surface area (Å²) in [5, 5.41) is 11.2. The topological polar surface area (TPSA) is 47.9 Å². The van der Waals surface area contributed by atoms with Crippen molar-refractivity contribution in [3.8, 4) is 0 Å². The summed E-state index contributed by atoms with van der Waals surface area (Å²) in [7, 11) is 0. The minimum absolute atomic E-state index is 0.228. The average molecular weight is 437 g/mol. The Kier molecular flexibility index (Phi) is 7.78. The van der Waals surface area contributed by atoms with Gasteiger partial charge in [0.15, 0.2) is 0 Å². The molecule has 5 atom stereocenters. The summed E-state index contributed by atoms with van der Waals surface area (Å²) in [6.45, 7) is 2.83. The summed E-state index contributed by atoms with van der Waals surface area (Å²) in [5.41, 5.74) is 1.70. The maximum absolute atomic E-state index is 11.2. The van der Waals surface area contributed by atoms with Crippen LogP contribution in [0, 0.1) is 0 Å². The Labute approximate surface area is 188 Å². The van der Waals surface area contributed by atoms with Gasteiger partial charge in [-0.2, -0.15) is 0 Å². The van der Waals surface area contributed by atoms with Crippen LogP contribution in [0.3, 0.4) is 0 Å². The van der Waals surface area contributed by atoms with Crippen molar-refractivity contribution in [2.75, 3.05) is 0 Å². The van der Waals surface area contributed by atoms with E-state index in [1.165, 1.54) is 11.8 Å². The number of hydrogen-bond acceptors (Lipinski definition) is 5. The molecule has 1 saturated heterocycles. The highest BCUT2D eigenvalue weighted by Gasteiger charge is 2.45. The predicted octanol–water partition coefficient (Wildman–Crippen LogP) is 5.06. The van der Waals surface area contributed by atoms with E-state index in [9.17, 15) is 5.11 Å². The molecule has 3 aromatic carbocycles. The third kappa shape index (κ3) is 5.97. The van der Waals surface area contributed by atoms with Crippen LogP contribution in [-0.4, -0.2) is 35.0 Å². The molecule has 4 rings (SSSR count). The largest absolute Gasteiger partial charge is 0.387 e. The van der Waals surface area contributed by atoms with E-state index in [4.69, 9.17) is 14.2 Å². The molecule has 5 heteroatoms. The molecule has 0 spiro atoms. The van der Waals surface area contributed by atoms with E-state index < -0.39 is 17.6 Å². The van der Waals surface area contributed by atoms with Crippen LogP contribution < -0.4 is 0 Å². The number of thioether (sulfide) groups is 1. The van der Waals surface area contributed by atoms with E-state index in [1.807, 2.05) is 97.9 Å². The Bertz CT molecular complexity index is 906. The third-order valence-electron chi connectivity index (χ3n) is 5.32. The molecule has 3 aromatic rings. The highest BCUT2D eigenvalue weighted by Crippen LogP contribution is 2.35. The number of hydrogen-bond donors (Lipinski definition) is 1. The molecule has 0 bridgehead atoms. The fourth-order valence-electron chi connectivity index (χ4n) is 3.67. The quantitative estimate of drug-likeness (QED) is 0.535. The van der Waals surface area contributed by atoms with Crippen LogP contribution in [0.15, 0.2) is 95.9 Å². The highest BCUT2D eigenvalue weighted by molar-refractivity contribution is 7.99. The zero-order valence-electron chi connectivity index (χ0n) is 17.5. The van der Waals surface area contributed by atoms with Crippen molar-refractivity contribution in [2.45, 2.75) is 54.9 Å². The lowest BCUT2D eigenvalue weighted by Gasteiger charge is -2.43. The molecule has 1 heterocycles. The van der Waals surface area contributed by atoms with Crippen LogP contribution in [0.4, 0.5) is 0 Å². The molecule has 0 unspecified atom stereocenters. The van der Waals surface area contributed by atoms with Gasteiger partial charge in [0.2, 0.25) is 0 Å². The Morgan fingerprint density at radius 3 is 1.77 bits per heavy atom. The molecule has 1 fully saturated rings.